The molecule has 2 aliphatic carbocycles. The normalized spacial score (nSPS) is 21.7. The number of aliphatic imine (C=N–C) groups is 1. The van der Waals surface area contributed by atoms with E-state index < -0.39 is 5.97 Å². The van der Waals surface area contributed by atoms with Gasteiger partial charge in [0.15, 0.2) is 0 Å². The van der Waals surface area contributed by atoms with Crippen LogP contribution in [-0.2, 0) is 4.79 Å². The number of carboxylic acids is 1. The zero-order valence-corrected chi connectivity index (χ0v) is 12.1. The van der Waals surface area contributed by atoms with Gasteiger partial charge in [0.05, 0.1) is 12.4 Å². The molecular formula is C15H28N2O2. The molecule has 0 heterocycles. The molecular weight excluding hydrogens is 240 g/mol. The topological polar surface area (TPSA) is 61.7 Å². The van der Waals surface area contributed by atoms with Crippen LogP contribution >= 0.6 is 0 Å². The first-order valence-corrected chi connectivity index (χ1v) is 7.65. The molecule has 0 aromatic carbocycles. The lowest BCUT2D eigenvalue weighted by molar-refractivity contribution is -0.134. The van der Waals surface area contributed by atoms with Crippen LogP contribution < -0.4 is 5.32 Å². The highest BCUT2D eigenvalue weighted by Crippen LogP contribution is 2.20. The number of carbonyl (C=O) groups is 1. The molecule has 0 radical (unpaired) electrons. The van der Waals surface area contributed by atoms with Crippen molar-refractivity contribution in [2.75, 3.05) is 0 Å². The lowest BCUT2D eigenvalue weighted by Crippen LogP contribution is -2.30. The third-order valence-electron chi connectivity index (χ3n) is 3.78. The molecule has 2 aliphatic rings. The fraction of sp³-hybridized carbons (Fsp3) is 0.867. The Morgan fingerprint density at radius 3 is 2.05 bits per heavy atom. The standard InChI is InChI=1S/C13H24N2.C2H4O2/c1-3-7-12(8-4-1)14-11-15-13-9-5-2-6-10-13;1-2(3)4/h11-13H,1-10H2,(H,14,15);1H3,(H,3,4). The molecule has 19 heavy (non-hydrogen) atoms. The maximum atomic E-state index is 9.00. The molecule has 4 heteroatoms. The minimum absolute atomic E-state index is 0.620. The van der Waals surface area contributed by atoms with E-state index >= 15 is 0 Å². The highest BCUT2D eigenvalue weighted by atomic mass is 16.4. The summed E-state index contributed by atoms with van der Waals surface area (Å²) in [7, 11) is 0. The van der Waals surface area contributed by atoms with Crippen molar-refractivity contribution in [3.05, 3.63) is 0 Å². The Hall–Kier alpha value is -1.06. The Labute approximate surface area is 116 Å². The van der Waals surface area contributed by atoms with Crippen molar-refractivity contribution < 1.29 is 9.90 Å². The number of aliphatic carboxylic acids is 1. The number of hydrogen-bond donors (Lipinski definition) is 2. The summed E-state index contributed by atoms with van der Waals surface area (Å²) in [5, 5.41) is 10.9. The van der Waals surface area contributed by atoms with E-state index in [9.17, 15) is 0 Å². The number of nitrogens with one attached hydrogen (secondary N) is 1. The number of carboxylic acid groups (broad SMARTS) is 1. The smallest absolute Gasteiger partial charge is 0.300 e. The van der Waals surface area contributed by atoms with Crippen LogP contribution in [0, 0.1) is 0 Å². The van der Waals surface area contributed by atoms with E-state index in [1.54, 1.807) is 0 Å². The molecule has 0 saturated heterocycles. The Kier molecular flexibility index (Phi) is 8.26. The summed E-state index contributed by atoms with van der Waals surface area (Å²) in [5.74, 6) is -0.833. The molecule has 2 fully saturated rings. The van der Waals surface area contributed by atoms with Crippen molar-refractivity contribution in [1.82, 2.24) is 5.32 Å². The fourth-order valence-corrected chi connectivity index (χ4v) is 2.75. The molecule has 0 atom stereocenters. The second kappa shape index (κ2) is 9.82. The molecule has 0 aromatic heterocycles. The van der Waals surface area contributed by atoms with Crippen molar-refractivity contribution in [3.63, 3.8) is 0 Å². The first kappa shape index (κ1) is 16.0. The Morgan fingerprint density at radius 2 is 1.53 bits per heavy atom. The summed E-state index contributed by atoms with van der Waals surface area (Å²) in [6, 6.07) is 1.33. The van der Waals surface area contributed by atoms with Gasteiger partial charge in [-0.3, -0.25) is 9.79 Å². The van der Waals surface area contributed by atoms with Gasteiger partial charge in [0, 0.05) is 13.0 Å². The van der Waals surface area contributed by atoms with Crippen molar-refractivity contribution in [3.8, 4) is 0 Å². The molecule has 4 nitrogen and oxygen atoms in total. The van der Waals surface area contributed by atoms with Crippen LogP contribution in [0.4, 0.5) is 0 Å². The Balaban J connectivity index is 0.000000399. The number of nitrogens with zero attached hydrogens (tertiary/aromatic N) is 1. The summed E-state index contributed by atoms with van der Waals surface area (Å²) in [6.07, 6.45) is 15.7. The van der Waals surface area contributed by atoms with E-state index in [2.05, 4.69) is 10.3 Å². The van der Waals surface area contributed by atoms with Gasteiger partial charge in [-0.2, -0.15) is 0 Å². The molecule has 2 saturated carbocycles. The predicted octanol–water partition coefficient (Wildman–Crippen LogP) is 3.36. The van der Waals surface area contributed by atoms with E-state index in [4.69, 9.17) is 9.90 Å². The van der Waals surface area contributed by atoms with Gasteiger partial charge < -0.3 is 10.4 Å². The van der Waals surface area contributed by atoms with Crippen LogP contribution in [0.1, 0.15) is 71.1 Å². The monoisotopic (exact) mass is 268 g/mol. The lowest BCUT2D eigenvalue weighted by atomic mass is 9.95. The first-order valence-electron chi connectivity index (χ1n) is 7.65. The SMILES string of the molecule is C(=NC1CCCCC1)NC1CCCCC1.CC(=O)O. The van der Waals surface area contributed by atoms with Gasteiger partial charge in [-0.1, -0.05) is 38.5 Å². The average molecular weight is 268 g/mol. The molecule has 0 aliphatic heterocycles. The van der Waals surface area contributed by atoms with Crippen LogP contribution in [0.3, 0.4) is 0 Å². The zero-order chi connectivity index (χ0) is 13.9. The lowest BCUT2D eigenvalue weighted by Gasteiger charge is -2.22. The van der Waals surface area contributed by atoms with Crippen LogP contribution in [-0.4, -0.2) is 29.5 Å². The third-order valence-corrected chi connectivity index (χ3v) is 3.78. The van der Waals surface area contributed by atoms with Crippen LogP contribution in [0.15, 0.2) is 4.99 Å². The zero-order valence-electron chi connectivity index (χ0n) is 12.1. The largest absolute Gasteiger partial charge is 0.481 e. The maximum Gasteiger partial charge on any atom is 0.300 e. The van der Waals surface area contributed by atoms with Gasteiger partial charge in [-0.25, -0.2) is 0 Å². The molecule has 0 aromatic rings. The second-order valence-electron chi connectivity index (χ2n) is 5.59. The molecule has 0 bridgehead atoms. The average Bonchev–Trinajstić information content (AvgIpc) is 2.41. The Bertz CT molecular complexity index is 263. The summed E-state index contributed by atoms with van der Waals surface area (Å²) >= 11 is 0. The van der Waals surface area contributed by atoms with Crippen molar-refractivity contribution in [2.45, 2.75) is 83.2 Å². The van der Waals surface area contributed by atoms with Gasteiger partial charge in [-0.05, 0) is 25.7 Å². The van der Waals surface area contributed by atoms with Gasteiger partial charge in [0.25, 0.3) is 5.97 Å². The van der Waals surface area contributed by atoms with Gasteiger partial charge in [-0.15, -0.1) is 0 Å². The molecule has 0 amide bonds. The van der Waals surface area contributed by atoms with E-state index in [0.717, 1.165) is 6.92 Å². The van der Waals surface area contributed by atoms with Crippen LogP contribution in [0.5, 0.6) is 0 Å². The predicted molar refractivity (Wildman–Crippen MR) is 78.7 cm³/mol. The summed E-state index contributed by atoms with van der Waals surface area (Å²) in [4.78, 5) is 13.6. The van der Waals surface area contributed by atoms with Crippen molar-refractivity contribution in [2.24, 2.45) is 4.99 Å². The van der Waals surface area contributed by atoms with Gasteiger partial charge in [0.2, 0.25) is 0 Å². The highest BCUT2D eigenvalue weighted by molar-refractivity contribution is 5.62. The quantitative estimate of drug-likeness (QED) is 0.609. The van der Waals surface area contributed by atoms with E-state index in [1.165, 1.54) is 64.2 Å². The second-order valence-corrected chi connectivity index (χ2v) is 5.59. The number of hydrogen-bond acceptors (Lipinski definition) is 2. The molecule has 2 rings (SSSR count). The van der Waals surface area contributed by atoms with Crippen LogP contribution in [0.25, 0.3) is 0 Å². The maximum absolute atomic E-state index is 9.00. The van der Waals surface area contributed by atoms with Crippen molar-refractivity contribution in [1.29, 1.82) is 0 Å². The van der Waals surface area contributed by atoms with E-state index in [1.807, 2.05) is 6.34 Å². The Morgan fingerprint density at radius 1 is 1.05 bits per heavy atom. The molecule has 0 unspecified atom stereocenters. The fourth-order valence-electron chi connectivity index (χ4n) is 2.75. The summed E-state index contributed by atoms with van der Waals surface area (Å²) in [6.45, 7) is 1.08. The number of rotatable bonds is 3. The van der Waals surface area contributed by atoms with Crippen molar-refractivity contribution >= 4 is 12.3 Å². The highest BCUT2D eigenvalue weighted by Gasteiger charge is 2.13. The summed E-state index contributed by atoms with van der Waals surface area (Å²) in [5.41, 5.74) is 0. The van der Waals surface area contributed by atoms with E-state index in [-0.39, 0.29) is 0 Å². The molecule has 2 N–H and O–H groups in total. The molecule has 0 spiro atoms. The molecule has 110 valence electrons. The summed E-state index contributed by atoms with van der Waals surface area (Å²) < 4.78 is 0. The minimum atomic E-state index is -0.833. The third kappa shape index (κ3) is 8.62. The van der Waals surface area contributed by atoms with Gasteiger partial charge in [0.1, 0.15) is 0 Å². The van der Waals surface area contributed by atoms with E-state index in [0.29, 0.717) is 12.1 Å². The first-order chi connectivity index (χ1) is 9.18. The van der Waals surface area contributed by atoms with Gasteiger partial charge >= 0.3 is 0 Å². The van der Waals surface area contributed by atoms with Crippen LogP contribution in [0.2, 0.25) is 0 Å². The minimum Gasteiger partial charge on any atom is -0.481 e.